The van der Waals surface area contributed by atoms with Gasteiger partial charge in [0.1, 0.15) is 11.6 Å². The molecule has 0 saturated carbocycles. The zero-order valence-corrected chi connectivity index (χ0v) is 18.4. The van der Waals surface area contributed by atoms with Crippen LogP contribution in [-0.4, -0.2) is 25.8 Å². The van der Waals surface area contributed by atoms with Gasteiger partial charge in [-0.15, -0.1) is 0 Å². The number of ether oxygens (including phenoxy) is 1. The molecule has 2 aromatic heterocycles. The molecule has 0 aliphatic rings. The normalized spacial score (nSPS) is 11.1. The Labute approximate surface area is 193 Å². The van der Waals surface area contributed by atoms with E-state index in [0.717, 1.165) is 11.1 Å². The van der Waals surface area contributed by atoms with Crippen LogP contribution in [0.25, 0.3) is 16.9 Å². The first-order valence-electron chi connectivity index (χ1n) is 10.7. The van der Waals surface area contributed by atoms with E-state index in [-0.39, 0.29) is 23.5 Å². The van der Waals surface area contributed by atoms with E-state index >= 15 is 0 Å². The van der Waals surface area contributed by atoms with Crippen LogP contribution in [0.5, 0.6) is 5.75 Å². The average Bonchev–Trinajstić information content (AvgIpc) is 3.27. The van der Waals surface area contributed by atoms with E-state index in [0.29, 0.717) is 18.0 Å². The molecule has 7 nitrogen and oxygen atoms in total. The number of hydrogen-bond donors (Lipinski definition) is 0. The fourth-order valence-electron chi connectivity index (χ4n) is 4.02. The van der Waals surface area contributed by atoms with Crippen LogP contribution in [0.1, 0.15) is 11.1 Å². The van der Waals surface area contributed by atoms with Gasteiger partial charge in [-0.1, -0.05) is 54.6 Å². The fourth-order valence-corrected chi connectivity index (χ4v) is 4.02. The number of methoxy groups -OCH3 is 1. The highest BCUT2D eigenvalue weighted by Gasteiger charge is 2.21. The number of halogens is 1. The fraction of sp³-hybridized carbons (Fsp3) is 0.115. The van der Waals surface area contributed by atoms with E-state index in [1.165, 1.54) is 34.7 Å². The lowest BCUT2D eigenvalue weighted by Gasteiger charge is -2.15. The highest BCUT2D eigenvalue weighted by atomic mass is 19.1. The standard InChI is InChI=1S/C26H21FN4O3/c1-34-22-10-6-5-9-21(22)31-24-23(29(17-28-24)15-19-11-13-20(27)14-12-19)25(32)30(26(31)33)16-18-7-3-2-4-8-18/h2-14,17H,15-16H2,1H3. The zero-order chi connectivity index (χ0) is 23.7. The van der Waals surface area contributed by atoms with Gasteiger partial charge in [0, 0.05) is 6.54 Å². The first kappa shape index (κ1) is 21.4. The van der Waals surface area contributed by atoms with E-state index in [1.54, 1.807) is 41.0 Å². The maximum Gasteiger partial charge on any atom is 0.337 e. The summed E-state index contributed by atoms with van der Waals surface area (Å²) in [7, 11) is 1.52. The van der Waals surface area contributed by atoms with Crippen molar-refractivity contribution in [3.8, 4) is 11.4 Å². The SMILES string of the molecule is COc1ccccc1-n1c(=O)n(Cc2ccccc2)c(=O)c2c1ncn2Cc1ccc(F)cc1. The van der Waals surface area contributed by atoms with Crippen molar-refractivity contribution in [3.63, 3.8) is 0 Å². The minimum atomic E-state index is -0.516. The lowest BCUT2D eigenvalue weighted by Crippen LogP contribution is -2.40. The molecule has 0 unspecified atom stereocenters. The molecule has 0 saturated heterocycles. The number of rotatable bonds is 6. The molecule has 3 aromatic carbocycles. The predicted molar refractivity (Wildman–Crippen MR) is 127 cm³/mol. The van der Waals surface area contributed by atoms with Crippen LogP contribution in [0.2, 0.25) is 0 Å². The Morgan fingerprint density at radius 3 is 2.26 bits per heavy atom. The van der Waals surface area contributed by atoms with Gasteiger partial charge in [0.2, 0.25) is 0 Å². The molecule has 0 N–H and O–H groups in total. The number of hydrogen-bond acceptors (Lipinski definition) is 4. The van der Waals surface area contributed by atoms with Crippen molar-refractivity contribution < 1.29 is 9.13 Å². The van der Waals surface area contributed by atoms with Crippen molar-refractivity contribution >= 4 is 11.2 Å². The summed E-state index contributed by atoms with van der Waals surface area (Å²) in [4.78, 5) is 31.7. The molecule has 5 aromatic rings. The van der Waals surface area contributed by atoms with Crippen LogP contribution in [-0.2, 0) is 13.1 Å². The van der Waals surface area contributed by atoms with Gasteiger partial charge in [-0.3, -0.25) is 9.36 Å². The molecule has 0 bridgehead atoms. The smallest absolute Gasteiger partial charge is 0.337 e. The van der Waals surface area contributed by atoms with E-state index in [1.807, 2.05) is 30.3 Å². The third-order valence-corrected chi connectivity index (χ3v) is 5.68. The Kier molecular flexibility index (Phi) is 5.55. The summed E-state index contributed by atoms with van der Waals surface area (Å²) in [6.45, 7) is 0.396. The van der Waals surface area contributed by atoms with E-state index < -0.39 is 11.2 Å². The first-order chi connectivity index (χ1) is 16.6. The highest BCUT2D eigenvalue weighted by Crippen LogP contribution is 2.23. The molecule has 0 spiro atoms. The second-order valence-electron chi connectivity index (χ2n) is 7.84. The van der Waals surface area contributed by atoms with Crippen LogP contribution >= 0.6 is 0 Å². The minimum absolute atomic E-state index is 0.103. The molecular weight excluding hydrogens is 435 g/mol. The lowest BCUT2D eigenvalue weighted by atomic mass is 10.2. The number of benzene rings is 3. The van der Waals surface area contributed by atoms with Crippen LogP contribution in [0.15, 0.2) is 94.8 Å². The van der Waals surface area contributed by atoms with Gasteiger partial charge >= 0.3 is 5.69 Å². The molecule has 170 valence electrons. The Morgan fingerprint density at radius 1 is 0.853 bits per heavy atom. The first-order valence-corrected chi connectivity index (χ1v) is 10.7. The van der Waals surface area contributed by atoms with Crippen molar-refractivity contribution in [2.45, 2.75) is 13.1 Å². The molecule has 34 heavy (non-hydrogen) atoms. The Morgan fingerprint density at radius 2 is 1.53 bits per heavy atom. The summed E-state index contributed by atoms with van der Waals surface area (Å²) >= 11 is 0. The summed E-state index contributed by atoms with van der Waals surface area (Å²) in [6, 6.07) is 22.4. The number of fused-ring (bicyclic) bond motifs is 1. The van der Waals surface area contributed by atoms with Gasteiger partial charge in [0.25, 0.3) is 5.56 Å². The largest absolute Gasteiger partial charge is 0.495 e. The molecule has 0 atom stereocenters. The summed E-state index contributed by atoms with van der Waals surface area (Å²) in [6.07, 6.45) is 1.52. The highest BCUT2D eigenvalue weighted by molar-refractivity contribution is 5.73. The topological polar surface area (TPSA) is 71.1 Å². The molecule has 5 rings (SSSR count). The van der Waals surface area contributed by atoms with E-state index in [9.17, 15) is 14.0 Å². The van der Waals surface area contributed by atoms with Crippen LogP contribution in [0.3, 0.4) is 0 Å². The summed E-state index contributed by atoms with van der Waals surface area (Å²) in [5.41, 5.74) is 1.63. The lowest BCUT2D eigenvalue weighted by molar-refractivity contribution is 0.412. The van der Waals surface area contributed by atoms with Crippen LogP contribution in [0, 0.1) is 5.82 Å². The van der Waals surface area contributed by atoms with Crippen molar-refractivity contribution in [2.24, 2.45) is 0 Å². The van der Waals surface area contributed by atoms with Crippen LogP contribution in [0.4, 0.5) is 4.39 Å². The molecule has 0 fully saturated rings. The summed E-state index contributed by atoms with van der Waals surface area (Å²) in [5.74, 6) is 0.137. The third kappa shape index (κ3) is 3.79. The summed E-state index contributed by atoms with van der Waals surface area (Å²) in [5, 5.41) is 0. The van der Waals surface area contributed by atoms with Gasteiger partial charge in [-0.25, -0.2) is 18.7 Å². The van der Waals surface area contributed by atoms with Gasteiger partial charge in [-0.2, -0.15) is 0 Å². The predicted octanol–water partition coefficient (Wildman–Crippen LogP) is 3.59. The van der Waals surface area contributed by atoms with Gasteiger partial charge in [0.15, 0.2) is 11.2 Å². The molecule has 0 aliphatic carbocycles. The Balaban J connectivity index is 1.78. The molecular formula is C26H21FN4O3. The molecule has 0 aliphatic heterocycles. The monoisotopic (exact) mass is 456 g/mol. The van der Waals surface area contributed by atoms with Crippen molar-refractivity contribution in [2.75, 3.05) is 7.11 Å². The number of para-hydroxylation sites is 2. The number of nitrogens with zero attached hydrogens (tertiary/aromatic N) is 4. The second kappa shape index (κ2) is 8.82. The second-order valence-corrected chi connectivity index (χ2v) is 7.84. The van der Waals surface area contributed by atoms with Gasteiger partial charge in [0.05, 0.1) is 25.7 Å². The third-order valence-electron chi connectivity index (χ3n) is 5.68. The van der Waals surface area contributed by atoms with E-state index in [2.05, 4.69) is 4.98 Å². The van der Waals surface area contributed by atoms with Gasteiger partial charge < -0.3 is 9.30 Å². The van der Waals surface area contributed by atoms with Crippen LogP contribution < -0.4 is 16.0 Å². The molecule has 2 heterocycles. The minimum Gasteiger partial charge on any atom is -0.495 e. The average molecular weight is 456 g/mol. The molecule has 8 heteroatoms. The van der Waals surface area contributed by atoms with Gasteiger partial charge in [-0.05, 0) is 35.4 Å². The van der Waals surface area contributed by atoms with E-state index in [4.69, 9.17) is 4.74 Å². The maximum atomic E-state index is 13.7. The molecule has 0 amide bonds. The number of imidazole rings is 1. The Hall–Kier alpha value is -4.46. The Bertz CT molecular complexity index is 1590. The maximum absolute atomic E-state index is 13.7. The number of aromatic nitrogens is 4. The summed E-state index contributed by atoms with van der Waals surface area (Å²) < 4.78 is 23.1. The van der Waals surface area contributed by atoms with Crippen molar-refractivity contribution in [3.05, 3.63) is 123 Å². The zero-order valence-electron chi connectivity index (χ0n) is 18.4. The molecule has 0 radical (unpaired) electrons. The van der Waals surface area contributed by atoms with Crippen molar-refractivity contribution in [1.29, 1.82) is 0 Å². The van der Waals surface area contributed by atoms with Crippen molar-refractivity contribution in [1.82, 2.24) is 18.7 Å². The quantitative estimate of drug-likeness (QED) is 0.392.